The summed E-state index contributed by atoms with van der Waals surface area (Å²) in [6, 6.07) is 0. The molecular weight excluding hydrogens is 331 g/mol. The van der Waals surface area contributed by atoms with Crippen LogP contribution in [0.3, 0.4) is 0 Å². The Kier molecular flexibility index (Phi) is 4.49. The van der Waals surface area contributed by atoms with E-state index in [1.165, 1.54) is 0 Å². The highest BCUT2D eigenvalue weighted by molar-refractivity contribution is 8.01. The summed E-state index contributed by atoms with van der Waals surface area (Å²) in [5.74, 6) is 1.04. The van der Waals surface area contributed by atoms with Crippen LogP contribution in [0.25, 0.3) is 0 Å². The van der Waals surface area contributed by atoms with Crippen molar-refractivity contribution in [2.45, 2.75) is 49.1 Å². The van der Waals surface area contributed by atoms with Gasteiger partial charge in [-0.25, -0.2) is 4.39 Å². The topological polar surface area (TPSA) is 49.9 Å². The van der Waals surface area contributed by atoms with Gasteiger partial charge < -0.3 is 14.5 Å². The fourth-order valence-corrected chi connectivity index (χ4v) is 5.74. The van der Waals surface area contributed by atoms with Gasteiger partial charge in [0.1, 0.15) is 12.8 Å². The summed E-state index contributed by atoms with van der Waals surface area (Å²) >= 11 is 1.86. The summed E-state index contributed by atoms with van der Waals surface area (Å²) in [6.07, 6.45) is 3.24. The lowest BCUT2D eigenvalue weighted by Crippen LogP contribution is -2.62. The Morgan fingerprint density at radius 1 is 1.17 bits per heavy atom. The van der Waals surface area contributed by atoms with Gasteiger partial charge in [-0.2, -0.15) is 0 Å². The van der Waals surface area contributed by atoms with Gasteiger partial charge in [0.25, 0.3) is 0 Å². The van der Waals surface area contributed by atoms with Gasteiger partial charge in [0.2, 0.25) is 11.8 Å². The molecule has 0 bridgehead atoms. The lowest BCUT2D eigenvalue weighted by Gasteiger charge is -2.49. The molecule has 3 aliphatic heterocycles. The molecule has 0 aromatic heterocycles. The van der Waals surface area contributed by atoms with E-state index in [0.29, 0.717) is 12.8 Å². The Morgan fingerprint density at radius 3 is 2.54 bits per heavy atom. The normalized spacial score (nSPS) is 34.3. The van der Waals surface area contributed by atoms with E-state index < -0.39 is 6.17 Å². The van der Waals surface area contributed by atoms with E-state index in [-0.39, 0.29) is 35.2 Å². The highest BCUT2D eigenvalue weighted by Gasteiger charge is 2.52. The summed E-state index contributed by atoms with van der Waals surface area (Å²) in [6.45, 7) is 3.42. The lowest BCUT2D eigenvalue weighted by molar-refractivity contribution is -0.146. The number of nitrogens with zero attached hydrogens (tertiary/aromatic N) is 2. The van der Waals surface area contributed by atoms with Crippen LogP contribution in [0.1, 0.15) is 32.1 Å². The molecule has 1 saturated carbocycles. The molecule has 3 saturated heterocycles. The maximum Gasteiger partial charge on any atom is 0.248 e. The number of carbonyl (C=O) groups excluding carboxylic acids is 2. The van der Waals surface area contributed by atoms with Gasteiger partial charge >= 0.3 is 0 Å². The van der Waals surface area contributed by atoms with Crippen molar-refractivity contribution in [2.24, 2.45) is 5.92 Å². The molecule has 5 nitrogen and oxygen atoms in total. The smallest absolute Gasteiger partial charge is 0.248 e. The van der Waals surface area contributed by atoms with Crippen molar-refractivity contribution in [1.82, 2.24) is 9.80 Å². The zero-order chi connectivity index (χ0) is 16.7. The van der Waals surface area contributed by atoms with Gasteiger partial charge in [0, 0.05) is 37.8 Å². The number of halogens is 1. The number of hydrogen-bond donors (Lipinski definition) is 0. The first kappa shape index (κ1) is 16.6. The molecule has 4 rings (SSSR count). The molecule has 0 radical (unpaired) electrons. The number of carbonyl (C=O) groups is 2. The number of ether oxygens (including phenoxy) is 1. The van der Waals surface area contributed by atoms with Crippen LogP contribution in [-0.4, -0.2) is 77.2 Å². The van der Waals surface area contributed by atoms with Gasteiger partial charge in [0.15, 0.2) is 0 Å². The van der Waals surface area contributed by atoms with E-state index in [4.69, 9.17) is 4.74 Å². The quantitative estimate of drug-likeness (QED) is 0.765. The maximum atomic E-state index is 12.9. The number of hydrogen-bond acceptors (Lipinski definition) is 4. The molecule has 24 heavy (non-hydrogen) atoms. The molecule has 1 atom stereocenters. The Hall–Kier alpha value is -0.820. The molecule has 0 unspecified atom stereocenters. The van der Waals surface area contributed by atoms with E-state index in [9.17, 15) is 14.0 Å². The maximum absolute atomic E-state index is 12.9. The van der Waals surface area contributed by atoms with Crippen molar-refractivity contribution in [1.29, 1.82) is 0 Å². The van der Waals surface area contributed by atoms with E-state index in [1.807, 2.05) is 21.6 Å². The minimum atomic E-state index is -0.777. The highest BCUT2D eigenvalue weighted by Crippen LogP contribution is 2.47. The van der Waals surface area contributed by atoms with Crippen molar-refractivity contribution in [3.63, 3.8) is 0 Å². The zero-order valence-corrected chi connectivity index (χ0v) is 14.7. The fourth-order valence-electron chi connectivity index (χ4n) is 4.19. The predicted molar refractivity (Wildman–Crippen MR) is 89.6 cm³/mol. The van der Waals surface area contributed by atoms with Gasteiger partial charge in [-0.3, -0.25) is 9.59 Å². The predicted octanol–water partition coefficient (Wildman–Crippen LogP) is 1.46. The first-order valence-corrected chi connectivity index (χ1v) is 9.99. The molecule has 2 amide bonds. The van der Waals surface area contributed by atoms with Crippen LogP contribution >= 0.6 is 11.8 Å². The third-order valence-corrected chi connectivity index (χ3v) is 7.35. The second-order valence-electron chi connectivity index (χ2n) is 7.68. The highest BCUT2D eigenvalue weighted by atomic mass is 32.2. The van der Waals surface area contributed by atoms with E-state index in [0.717, 1.165) is 51.2 Å². The summed E-state index contributed by atoms with van der Waals surface area (Å²) in [5, 5.41) is 0. The van der Waals surface area contributed by atoms with Crippen LogP contribution in [0.4, 0.5) is 4.39 Å². The molecular formula is C17H25FN2O3S. The molecule has 0 aromatic rings. The lowest BCUT2D eigenvalue weighted by atomic mass is 9.80. The van der Waals surface area contributed by atoms with Crippen LogP contribution in [0, 0.1) is 5.92 Å². The largest absolute Gasteiger partial charge is 0.367 e. The van der Waals surface area contributed by atoms with Crippen LogP contribution in [0.5, 0.6) is 0 Å². The first-order valence-electron chi connectivity index (χ1n) is 9.01. The summed E-state index contributed by atoms with van der Waals surface area (Å²) in [5.41, 5.74) is 0. The standard InChI is InChI=1S/C17H25FN2O3S/c18-13-5-12(6-13)16(22)20-10-17(11-20)7-14(9-24-17)23-8-15(21)19-3-1-2-4-19/h12-14H,1-11H2/t12?,13?,14-/m1/s1. The summed E-state index contributed by atoms with van der Waals surface area (Å²) < 4.78 is 18.8. The third kappa shape index (κ3) is 3.17. The molecule has 3 heterocycles. The minimum absolute atomic E-state index is 0.0890. The van der Waals surface area contributed by atoms with Crippen LogP contribution in [0.2, 0.25) is 0 Å². The minimum Gasteiger partial charge on any atom is -0.367 e. The zero-order valence-electron chi connectivity index (χ0n) is 13.9. The molecule has 0 aromatic carbocycles. The Balaban J connectivity index is 1.19. The third-order valence-electron chi connectivity index (χ3n) is 5.78. The molecule has 0 N–H and O–H groups in total. The van der Waals surface area contributed by atoms with Crippen LogP contribution < -0.4 is 0 Å². The van der Waals surface area contributed by atoms with E-state index in [2.05, 4.69) is 0 Å². The van der Waals surface area contributed by atoms with E-state index >= 15 is 0 Å². The van der Waals surface area contributed by atoms with Crippen molar-refractivity contribution in [3.8, 4) is 0 Å². The average molecular weight is 356 g/mol. The Morgan fingerprint density at radius 2 is 1.88 bits per heavy atom. The van der Waals surface area contributed by atoms with Crippen molar-refractivity contribution < 1.29 is 18.7 Å². The number of rotatable bonds is 4. The van der Waals surface area contributed by atoms with Gasteiger partial charge in [-0.1, -0.05) is 0 Å². The number of alkyl halides is 1. The average Bonchev–Trinajstić information content (AvgIpc) is 3.16. The van der Waals surface area contributed by atoms with Crippen molar-refractivity contribution >= 4 is 23.6 Å². The molecule has 4 fully saturated rings. The molecule has 1 aliphatic carbocycles. The second kappa shape index (κ2) is 6.48. The summed E-state index contributed by atoms with van der Waals surface area (Å²) in [4.78, 5) is 28.0. The first-order chi connectivity index (χ1) is 11.5. The fraction of sp³-hybridized carbons (Fsp3) is 0.882. The molecule has 134 valence electrons. The summed E-state index contributed by atoms with van der Waals surface area (Å²) in [7, 11) is 0. The van der Waals surface area contributed by atoms with E-state index in [1.54, 1.807) is 0 Å². The second-order valence-corrected chi connectivity index (χ2v) is 9.17. The van der Waals surface area contributed by atoms with Crippen molar-refractivity contribution in [3.05, 3.63) is 0 Å². The van der Waals surface area contributed by atoms with Crippen LogP contribution in [-0.2, 0) is 14.3 Å². The molecule has 7 heteroatoms. The number of thioether (sulfide) groups is 1. The monoisotopic (exact) mass is 356 g/mol. The van der Waals surface area contributed by atoms with Gasteiger partial charge in [0.05, 0.1) is 10.9 Å². The van der Waals surface area contributed by atoms with Crippen molar-refractivity contribution in [2.75, 3.05) is 38.5 Å². The molecule has 4 aliphatic rings. The Bertz CT molecular complexity index is 514. The van der Waals surface area contributed by atoms with Gasteiger partial charge in [-0.05, 0) is 32.1 Å². The number of likely N-dealkylation sites (tertiary alicyclic amines) is 2. The Labute approximate surface area is 146 Å². The van der Waals surface area contributed by atoms with Gasteiger partial charge in [-0.15, -0.1) is 11.8 Å². The molecule has 1 spiro atoms. The van der Waals surface area contributed by atoms with Crippen LogP contribution in [0.15, 0.2) is 0 Å². The SMILES string of the molecule is O=C(CO[C@H]1CSC2(C1)CN(C(=O)C1CC(F)C1)C2)N1CCCC1. The number of amides is 2.